The van der Waals surface area contributed by atoms with Gasteiger partial charge in [0, 0.05) is 17.8 Å². The number of benzene rings is 1. The number of halogens is 1. The Morgan fingerprint density at radius 2 is 2.00 bits per heavy atom. The highest BCUT2D eigenvalue weighted by molar-refractivity contribution is 6.30. The van der Waals surface area contributed by atoms with E-state index in [1.54, 1.807) is 35.7 Å². The van der Waals surface area contributed by atoms with E-state index in [2.05, 4.69) is 25.7 Å². The lowest BCUT2D eigenvalue weighted by Crippen LogP contribution is -2.25. The normalized spacial score (nSPS) is 11.0. The molecule has 0 fully saturated rings. The SMILES string of the molecule is Cc1noc(-c2ccc3nnc(CC(=O)NCc4ccc(Cl)cc4)n3c2)n1. The van der Waals surface area contributed by atoms with Gasteiger partial charge in [0.1, 0.15) is 5.82 Å². The van der Waals surface area contributed by atoms with Gasteiger partial charge < -0.3 is 9.84 Å². The van der Waals surface area contributed by atoms with E-state index in [4.69, 9.17) is 16.1 Å². The smallest absolute Gasteiger partial charge is 0.259 e. The number of aryl methyl sites for hydroxylation is 1. The van der Waals surface area contributed by atoms with Gasteiger partial charge >= 0.3 is 0 Å². The number of aromatic nitrogens is 5. The van der Waals surface area contributed by atoms with Gasteiger partial charge in [-0.25, -0.2) is 0 Å². The molecule has 0 unspecified atom stereocenters. The molecule has 0 bridgehead atoms. The number of amides is 1. The summed E-state index contributed by atoms with van der Waals surface area (Å²) in [5, 5.41) is 15.5. The van der Waals surface area contributed by atoms with Crippen LogP contribution in [-0.4, -0.2) is 30.6 Å². The Morgan fingerprint density at radius 3 is 2.74 bits per heavy atom. The summed E-state index contributed by atoms with van der Waals surface area (Å²) in [6.45, 7) is 2.17. The minimum Gasteiger partial charge on any atom is -0.352 e. The molecule has 0 aliphatic carbocycles. The van der Waals surface area contributed by atoms with Crippen LogP contribution in [-0.2, 0) is 17.8 Å². The summed E-state index contributed by atoms with van der Waals surface area (Å²) < 4.78 is 6.94. The third kappa shape index (κ3) is 3.80. The van der Waals surface area contributed by atoms with Crippen LogP contribution in [0.2, 0.25) is 5.02 Å². The molecule has 0 saturated carbocycles. The first-order valence-corrected chi connectivity index (χ1v) is 8.62. The molecule has 0 radical (unpaired) electrons. The van der Waals surface area contributed by atoms with Crippen LogP contribution >= 0.6 is 11.6 Å². The van der Waals surface area contributed by atoms with Crippen LogP contribution in [0.4, 0.5) is 0 Å². The molecule has 4 rings (SSSR count). The first kappa shape index (κ1) is 17.2. The lowest BCUT2D eigenvalue weighted by molar-refractivity contribution is -0.120. The summed E-state index contributed by atoms with van der Waals surface area (Å²) in [5.74, 6) is 1.33. The van der Waals surface area contributed by atoms with Crippen molar-refractivity contribution >= 4 is 23.2 Å². The molecule has 0 saturated heterocycles. The van der Waals surface area contributed by atoms with Crippen LogP contribution in [0.5, 0.6) is 0 Å². The van der Waals surface area contributed by atoms with Crippen molar-refractivity contribution in [3.63, 3.8) is 0 Å². The molecule has 4 aromatic rings. The third-order valence-corrected chi connectivity index (χ3v) is 4.22. The number of carbonyl (C=O) groups is 1. The number of pyridine rings is 1. The van der Waals surface area contributed by atoms with Crippen molar-refractivity contribution in [1.82, 2.24) is 30.1 Å². The molecule has 0 atom stereocenters. The molecule has 1 aromatic carbocycles. The molecule has 0 spiro atoms. The maximum atomic E-state index is 12.3. The number of nitrogens with zero attached hydrogens (tertiary/aromatic N) is 5. The molecule has 136 valence electrons. The zero-order valence-corrected chi connectivity index (χ0v) is 15.1. The summed E-state index contributed by atoms with van der Waals surface area (Å²) in [7, 11) is 0. The van der Waals surface area contributed by atoms with Crippen LogP contribution < -0.4 is 5.32 Å². The first-order valence-electron chi connectivity index (χ1n) is 8.24. The lowest BCUT2D eigenvalue weighted by Gasteiger charge is -2.05. The summed E-state index contributed by atoms with van der Waals surface area (Å²) >= 11 is 5.86. The van der Waals surface area contributed by atoms with Crippen LogP contribution in [0.25, 0.3) is 17.1 Å². The van der Waals surface area contributed by atoms with Gasteiger partial charge in [0.2, 0.25) is 5.91 Å². The molecule has 1 amide bonds. The molecule has 9 heteroatoms. The zero-order valence-electron chi connectivity index (χ0n) is 14.4. The highest BCUT2D eigenvalue weighted by Crippen LogP contribution is 2.18. The Hall–Kier alpha value is -3.26. The molecule has 0 aliphatic rings. The zero-order chi connectivity index (χ0) is 18.8. The van der Waals surface area contributed by atoms with Crippen molar-refractivity contribution in [2.75, 3.05) is 0 Å². The van der Waals surface area contributed by atoms with Gasteiger partial charge in [0.05, 0.1) is 12.0 Å². The largest absolute Gasteiger partial charge is 0.352 e. The monoisotopic (exact) mass is 382 g/mol. The molecular weight excluding hydrogens is 368 g/mol. The minimum atomic E-state index is -0.154. The maximum absolute atomic E-state index is 12.3. The molecule has 27 heavy (non-hydrogen) atoms. The predicted molar refractivity (Wildman–Crippen MR) is 98.0 cm³/mol. The van der Waals surface area contributed by atoms with E-state index in [9.17, 15) is 4.79 Å². The Bertz CT molecular complexity index is 1100. The van der Waals surface area contributed by atoms with Gasteiger partial charge in [0.15, 0.2) is 11.5 Å². The van der Waals surface area contributed by atoms with Crippen molar-refractivity contribution in [1.29, 1.82) is 0 Å². The van der Waals surface area contributed by atoms with E-state index < -0.39 is 0 Å². The van der Waals surface area contributed by atoms with Gasteiger partial charge in [-0.05, 0) is 36.8 Å². The fourth-order valence-corrected chi connectivity index (χ4v) is 2.73. The molecule has 1 N–H and O–H groups in total. The fourth-order valence-electron chi connectivity index (χ4n) is 2.61. The summed E-state index contributed by atoms with van der Waals surface area (Å²) in [6, 6.07) is 10.9. The van der Waals surface area contributed by atoms with Gasteiger partial charge in [0.25, 0.3) is 5.89 Å². The van der Waals surface area contributed by atoms with Crippen molar-refractivity contribution in [3.8, 4) is 11.5 Å². The molecule has 3 heterocycles. The number of rotatable bonds is 5. The summed E-state index contributed by atoms with van der Waals surface area (Å²) in [4.78, 5) is 16.5. The van der Waals surface area contributed by atoms with Crippen LogP contribution in [0.1, 0.15) is 17.2 Å². The topological polar surface area (TPSA) is 98.2 Å². The van der Waals surface area contributed by atoms with E-state index in [-0.39, 0.29) is 12.3 Å². The van der Waals surface area contributed by atoms with Gasteiger partial charge in [-0.3, -0.25) is 9.20 Å². The van der Waals surface area contributed by atoms with Crippen molar-refractivity contribution in [2.45, 2.75) is 19.9 Å². The highest BCUT2D eigenvalue weighted by atomic mass is 35.5. The first-order chi connectivity index (χ1) is 13.1. The fraction of sp³-hybridized carbons (Fsp3) is 0.167. The van der Waals surface area contributed by atoms with Gasteiger partial charge in [-0.15, -0.1) is 10.2 Å². The second kappa shape index (κ2) is 7.16. The van der Waals surface area contributed by atoms with E-state index in [1.165, 1.54) is 0 Å². The highest BCUT2D eigenvalue weighted by Gasteiger charge is 2.13. The average molecular weight is 383 g/mol. The molecule has 0 aliphatic heterocycles. The van der Waals surface area contributed by atoms with E-state index in [0.29, 0.717) is 34.8 Å². The van der Waals surface area contributed by atoms with Crippen molar-refractivity contribution < 1.29 is 9.32 Å². The predicted octanol–water partition coefficient (Wildman–Crippen LogP) is 2.60. The van der Waals surface area contributed by atoms with Crippen LogP contribution in [0, 0.1) is 6.92 Å². The molecular formula is C18H15ClN6O2. The number of hydrogen-bond donors (Lipinski definition) is 1. The van der Waals surface area contributed by atoms with Crippen molar-refractivity contribution in [2.24, 2.45) is 0 Å². The van der Waals surface area contributed by atoms with Crippen molar-refractivity contribution in [3.05, 3.63) is 64.8 Å². The standard InChI is InChI=1S/C18H15ClN6O2/c1-11-21-18(27-24-11)13-4-7-15-22-23-16(25(15)10-13)8-17(26)20-9-12-2-5-14(19)6-3-12/h2-7,10H,8-9H2,1H3,(H,20,26). The Labute approximate surface area is 159 Å². The second-order valence-electron chi connectivity index (χ2n) is 5.99. The summed E-state index contributed by atoms with van der Waals surface area (Å²) in [5.41, 5.74) is 2.33. The lowest BCUT2D eigenvalue weighted by atomic mass is 10.2. The maximum Gasteiger partial charge on any atom is 0.259 e. The second-order valence-corrected chi connectivity index (χ2v) is 6.43. The van der Waals surface area contributed by atoms with Crippen LogP contribution in [0.15, 0.2) is 47.1 Å². The Balaban J connectivity index is 1.49. The van der Waals surface area contributed by atoms with Crippen LogP contribution in [0.3, 0.4) is 0 Å². The van der Waals surface area contributed by atoms with Gasteiger partial charge in [-0.1, -0.05) is 28.9 Å². The van der Waals surface area contributed by atoms with E-state index >= 15 is 0 Å². The van der Waals surface area contributed by atoms with E-state index in [1.807, 2.05) is 18.2 Å². The Kier molecular flexibility index (Phi) is 4.55. The summed E-state index contributed by atoms with van der Waals surface area (Å²) in [6.07, 6.45) is 1.88. The quantitative estimate of drug-likeness (QED) is 0.569. The number of nitrogens with one attached hydrogen (secondary N) is 1. The number of fused-ring (bicyclic) bond motifs is 1. The minimum absolute atomic E-state index is 0.0983. The molecule has 3 aromatic heterocycles. The Morgan fingerprint density at radius 1 is 1.19 bits per heavy atom. The number of hydrogen-bond acceptors (Lipinski definition) is 6. The van der Waals surface area contributed by atoms with E-state index in [0.717, 1.165) is 11.1 Å². The number of carbonyl (C=O) groups excluding carboxylic acids is 1. The average Bonchev–Trinajstić information content (AvgIpc) is 3.27. The van der Waals surface area contributed by atoms with Gasteiger partial charge in [-0.2, -0.15) is 4.98 Å². The molecule has 8 nitrogen and oxygen atoms in total. The third-order valence-electron chi connectivity index (χ3n) is 3.97.